The fraction of sp³-hybridized carbons (Fsp3) is 0.633. The first-order chi connectivity index (χ1) is 18.9. The summed E-state index contributed by atoms with van der Waals surface area (Å²) in [6.45, 7) is 14.5. The van der Waals surface area contributed by atoms with E-state index in [1.54, 1.807) is 6.07 Å². The summed E-state index contributed by atoms with van der Waals surface area (Å²) >= 11 is 0. The standard InChI is InChI=1S/C30H40F3N5O2/c1-6-40-26-16-25(23-8-7-22(15-24(23)26)30(31,32)33)38-14-13-37(17-19(38)2)29(5)9-11-36(12-10-29)28(39)27-20(3)34-18-35-21(27)4/h7-8,15,18-19,25-26H,6,9-14,16-17H2,1-5H3/t19?,25-,26-/m0/s1. The largest absolute Gasteiger partial charge is 0.416 e. The van der Waals surface area contributed by atoms with E-state index in [9.17, 15) is 18.0 Å². The number of fused-ring (bicyclic) bond motifs is 1. The van der Waals surface area contributed by atoms with E-state index in [1.165, 1.54) is 18.5 Å². The summed E-state index contributed by atoms with van der Waals surface area (Å²) in [6.07, 6.45) is -0.752. The Bertz CT molecular complexity index is 1220. The van der Waals surface area contributed by atoms with E-state index < -0.39 is 11.7 Å². The van der Waals surface area contributed by atoms with Gasteiger partial charge < -0.3 is 9.64 Å². The van der Waals surface area contributed by atoms with Crippen LogP contribution in [-0.4, -0.2) is 81.5 Å². The van der Waals surface area contributed by atoms with Crippen molar-refractivity contribution in [2.24, 2.45) is 0 Å². The van der Waals surface area contributed by atoms with Crippen LogP contribution in [0.25, 0.3) is 0 Å². The third-order valence-corrected chi connectivity index (χ3v) is 9.34. The molecule has 0 radical (unpaired) electrons. The van der Waals surface area contributed by atoms with Crippen molar-refractivity contribution in [3.8, 4) is 0 Å². The minimum Gasteiger partial charge on any atom is -0.374 e. The molecule has 40 heavy (non-hydrogen) atoms. The highest BCUT2D eigenvalue weighted by atomic mass is 19.4. The normalized spacial score (nSPS) is 25.7. The molecule has 2 aliphatic heterocycles. The van der Waals surface area contributed by atoms with E-state index >= 15 is 0 Å². The Hall–Kier alpha value is -2.56. The van der Waals surface area contributed by atoms with E-state index in [0.717, 1.165) is 38.0 Å². The SMILES string of the molecule is CCO[C@H]1C[C@H](N2CCN(C3(C)CCN(C(=O)c4c(C)ncnc4C)CC3)CC2C)c2ccc(C(F)(F)F)cc21. The van der Waals surface area contributed by atoms with Gasteiger partial charge in [-0.05, 0) is 77.1 Å². The third kappa shape index (κ3) is 5.37. The van der Waals surface area contributed by atoms with Crippen LogP contribution < -0.4 is 0 Å². The highest BCUT2D eigenvalue weighted by Gasteiger charge is 2.44. The topological polar surface area (TPSA) is 61.8 Å². The van der Waals surface area contributed by atoms with Gasteiger partial charge in [0.25, 0.3) is 5.91 Å². The molecule has 218 valence electrons. The Morgan fingerprint density at radius 3 is 2.35 bits per heavy atom. The number of amides is 1. The summed E-state index contributed by atoms with van der Waals surface area (Å²) in [6, 6.07) is 4.44. The lowest BCUT2D eigenvalue weighted by molar-refractivity contribution is -0.137. The minimum atomic E-state index is -4.37. The molecule has 1 unspecified atom stereocenters. The van der Waals surface area contributed by atoms with Crippen LogP contribution in [0.5, 0.6) is 0 Å². The van der Waals surface area contributed by atoms with Gasteiger partial charge in [-0.25, -0.2) is 9.97 Å². The van der Waals surface area contributed by atoms with Gasteiger partial charge in [0.2, 0.25) is 0 Å². The van der Waals surface area contributed by atoms with Gasteiger partial charge in [-0.15, -0.1) is 0 Å². The lowest BCUT2D eigenvalue weighted by Gasteiger charge is -2.52. The van der Waals surface area contributed by atoms with Gasteiger partial charge in [0.15, 0.2) is 0 Å². The van der Waals surface area contributed by atoms with Crippen molar-refractivity contribution in [3.05, 3.63) is 58.2 Å². The maximum absolute atomic E-state index is 13.4. The molecule has 10 heteroatoms. The van der Waals surface area contributed by atoms with E-state index in [0.29, 0.717) is 48.6 Å². The Morgan fingerprint density at radius 2 is 1.75 bits per heavy atom. The minimum absolute atomic E-state index is 0.00766. The molecule has 1 aromatic heterocycles. The summed E-state index contributed by atoms with van der Waals surface area (Å²) < 4.78 is 46.3. The molecule has 0 N–H and O–H groups in total. The van der Waals surface area contributed by atoms with Gasteiger partial charge in [0.05, 0.1) is 28.6 Å². The number of carbonyl (C=O) groups is 1. The average molecular weight is 560 g/mol. The second kappa shape index (κ2) is 11.0. The van der Waals surface area contributed by atoms with Crippen molar-refractivity contribution in [1.29, 1.82) is 0 Å². The Labute approximate surface area is 234 Å². The molecular formula is C30H40F3N5O2. The number of aromatic nitrogens is 2. The molecule has 7 nitrogen and oxygen atoms in total. The summed E-state index contributed by atoms with van der Waals surface area (Å²) in [5.41, 5.74) is 3.04. The number of likely N-dealkylation sites (tertiary alicyclic amines) is 1. The van der Waals surface area contributed by atoms with Gasteiger partial charge >= 0.3 is 6.18 Å². The smallest absolute Gasteiger partial charge is 0.374 e. The number of rotatable bonds is 5. The average Bonchev–Trinajstić information content (AvgIpc) is 3.26. The number of ether oxygens (including phenoxy) is 1. The highest BCUT2D eigenvalue weighted by Crippen LogP contribution is 2.47. The van der Waals surface area contributed by atoms with Crippen LogP contribution in [0.2, 0.25) is 0 Å². The number of hydrogen-bond donors (Lipinski definition) is 0. The number of alkyl halides is 3. The van der Waals surface area contributed by atoms with E-state index in [2.05, 4.69) is 33.6 Å². The van der Waals surface area contributed by atoms with Crippen LogP contribution >= 0.6 is 0 Å². The lowest BCUT2D eigenvalue weighted by Crippen LogP contribution is -2.62. The summed E-state index contributed by atoms with van der Waals surface area (Å²) in [5, 5.41) is 0. The van der Waals surface area contributed by atoms with Crippen LogP contribution in [-0.2, 0) is 10.9 Å². The number of nitrogens with zero attached hydrogens (tertiary/aromatic N) is 5. The molecular weight excluding hydrogens is 519 g/mol. The predicted molar refractivity (Wildman–Crippen MR) is 146 cm³/mol. The molecule has 3 atom stereocenters. The second-order valence-electron chi connectivity index (χ2n) is 11.8. The highest BCUT2D eigenvalue weighted by molar-refractivity contribution is 5.96. The fourth-order valence-corrected chi connectivity index (χ4v) is 6.96. The van der Waals surface area contributed by atoms with Crippen molar-refractivity contribution in [3.63, 3.8) is 0 Å². The first kappa shape index (κ1) is 29.0. The number of benzene rings is 1. The maximum Gasteiger partial charge on any atom is 0.416 e. The monoisotopic (exact) mass is 559 g/mol. The van der Waals surface area contributed by atoms with Gasteiger partial charge in [-0.3, -0.25) is 14.6 Å². The molecule has 3 aliphatic rings. The maximum atomic E-state index is 13.4. The van der Waals surface area contributed by atoms with Gasteiger partial charge in [-0.2, -0.15) is 13.2 Å². The van der Waals surface area contributed by atoms with Crippen molar-refractivity contribution >= 4 is 5.91 Å². The van der Waals surface area contributed by atoms with Crippen LogP contribution in [0.1, 0.15) is 90.6 Å². The quantitative estimate of drug-likeness (QED) is 0.493. The van der Waals surface area contributed by atoms with E-state index in [1.807, 2.05) is 25.7 Å². The number of hydrogen-bond acceptors (Lipinski definition) is 6. The zero-order chi connectivity index (χ0) is 28.8. The number of piperidine rings is 1. The summed E-state index contributed by atoms with van der Waals surface area (Å²) in [4.78, 5) is 28.6. The van der Waals surface area contributed by atoms with E-state index in [4.69, 9.17) is 4.74 Å². The fourth-order valence-electron chi connectivity index (χ4n) is 6.96. The van der Waals surface area contributed by atoms with Gasteiger partial charge in [-0.1, -0.05) is 6.07 Å². The molecule has 0 bridgehead atoms. The van der Waals surface area contributed by atoms with Crippen molar-refractivity contribution in [2.45, 2.75) is 83.8 Å². The van der Waals surface area contributed by atoms with Gasteiger partial charge in [0, 0.05) is 57.0 Å². The van der Waals surface area contributed by atoms with Gasteiger partial charge in [0.1, 0.15) is 6.33 Å². The first-order valence-corrected chi connectivity index (χ1v) is 14.3. The molecule has 2 fully saturated rings. The zero-order valence-corrected chi connectivity index (χ0v) is 24.1. The Balaban J connectivity index is 1.25. The van der Waals surface area contributed by atoms with E-state index in [-0.39, 0.29) is 29.6 Å². The lowest BCUT2D eigenvalue weighted by atomic mass is 9.86. The number of piperazine rings is 1. The van der Waals surface area contributed by atoms with Crippen LogP contribution in [0.4, 0.5) is 13.2 Å². The van der Waals surface area contributed by atoms with Crippen molar-refractivity contribution in [2.75, 3.05) is 39.3 Å². The predicted octanol–water partition coefficient (Wildman–Crippen LogP) is 5.34. The molecule has 1 amide bonds. The van der Waals surface area contributed by atoms with Crippen LogP contribution in [0.15, 0.2) is 24.5 Å². The third-order valence-electron chi connectivity index (χ3n) is 9.34. The van der Waals surface area contributed by atoms with Crippen LogP contribution in [0, 0.1) is 13.8 Å². The van der Waals surface area contributed by atoms with Crippen LogP contribution in [0.3, 0.4) is 0 Å². The zero-order valence-electron chi connectivity index (χ0n) is 24.1. The summed E-state index contributed by atoms with van der Waals surface area (Å²) in [7, 11) is 0. The molecule has 1 aliphatic carbocycles. The van der Waals surface area contributed by atoms with Crippen molar-refractivity contribution < 1.29 is 22.7 Å². The first-order valence-electron chi connectivity index (χ1n) is 14.3. The van der Waals surface area contributed by atoms with Crippen molar-refractivity contribution in [1.82, 2.24) is 24.7 Å². The number of halogens is 3. The molecule has 0 spiro atoms. The molecule has 3 heterocycles. The number of carbonyl (C=O) groups excluding carboxylic acids is 1. The summed E-state index contributed by atoms with van der Waals surface area (Å²) in [5.74, 6) is 0.00766. The molecule has 0 saturated carbocycles. The Kier molecular flexibility index (Phi) is 7.98. The number of aryl methyl sites for hydroxylation is 2. The molecule has 2 aromatic rings. The molecule has 5 rings (SSSR count). The Morgan fingerprint density at radius 1 is 1.07 bits per heavy atom. The molecule has 1 aromatic carbocycles. The molecule has 2 saturated heterocycles. The second-order valence-corrected chi connectivity index (χ2v) is 11.8.